The van der Waals surface area contributed by atoms with Crippen molar-refractivity contribution >= 4 is 11.3 Å². The number of nitrogens with zero attached hydrogens (tertiary/aromatic N) is 1. The summed E-state index contributed by atoms with van der Waals surface area (Å²) >= 11 is 1.54. The smallest absolute Gasteiger partial charge is 0.129 e. The van der Waals surface area contributed by atoms with Crippen LogP contribution in [0.15, 0.2) is 23.6 Å². The number of aryl methyl sites for hydroxylation is 1. The van der Waals surface area contributed by atoms with Crippen molar-refractivity contribution < 1.29 is 8.78 Å². The number of rotatable bonds is 5. The van der Waals surface area contributed by atoms with E-state index in [1.165, 1.54) is 29.5 Å². The molecule has 0 saturated carbocycles. The fourth-order valence-electron chi connectivity index (χ4n) is 2.00. The van der Waals surface area contributed by atoms with E-state index >= 15 is 0 Å². The van der Waals surface area contributed by atoms with Crippen molar-refractivity contribution in [3.8, 4) is 0 Å². The fraction of sp³-hybridized carbons (Fsp3) is 0.357. The molecule has 1 aromatic carbocycles. The Morgan fingerprint density at radius 1 is 1.32 bits per heavy atom. The lowest BCUT2D eigenvalue weighted by Crippen LogP contribution is -2.24. The van der Waals surface area contributed by atoms with Gasteiger partial charge in [-0.15, -0.1) is 11.3 Å². The second-order valence-corrected chi connectivity index (χ2v) is 5.37. The van der Waals surface area contributed by atoms with Gasteiger partial charge in [-0.1, -0.05) is 13.0 Å². The van der Waals surface area contributed by atoms with Crippen LogP contribution in [0.4, 0.5) is 8.78 Å². The van der Waals surface area contributed by atoms with Gasteiger partial charge in [-0.05, 0) is 32.0 Å². The molecule has 1 heterocycles. The molecule has 0 bridgehead atoms. The van der Waals surface area contributed by atoms with Crippen LogP contribution >= 0.6 is 11.3 Å². The van der Waals surface area contributed by atoms with Crippen LogP contribution < -0.4 is 5.32 Å². The van der Waals surface area contributed by atoms with Crippen LogP contribution in [-0.2, 0) is 6.42 Å². The number of benzene rings is 1. The van der Waals surface area contributed by atoms with E-state index in [1.807, 2.05) is 19.2 Å². The molecule has 1 unspecified atom stereocenters. The molecule has 1 atom stereocenters. The van der Waals surface area contributed by atoms with Crippen LogP contribution in [0.3, 0.4) is 0 Å². The highest BCUT2D eigenvalue weighted by atomic mass is 32.1. The maximum Gasteiger partial charge on any atom is 0.129 e. The molecular formula is C14H16F2N2S. The van der Waals surface area contributed by atoms with Crippen molar-refractivity contribution in [2.75, 3.05) is 6.54 Å². The fourth-order valence-corrected chi connectivity index (χ4v) is 2.67. The standard InChI is InChI=1S/C14H16F2N2S/c1-3-17-13(14-8-19-9(2)18-14)7-10-11(15)5-4-6-12(10)16/h4-6,8,13,17H,3,7H2,1-2H3. The maximum atomic E-state index is 13.7. The molecule has 2 aromatic rings. The molecular weight excluding hydrogens is 266 g/mol. The molecule has 102 valence electrons. The highest BCUT2D eigenvalue weighted by Gasteiger charge is 2.18. The molecule has 5 heteroatoms. The van der Waals surface area contributed by atoms with Crippen LogP contribution in [0.5, 0.6) is 0 Å². The van der Waals surface area contributed by atoms with E-state index in [-0.39, 0.29) is 18.0 Å². The van der Waals surface area contributed by atoms with Crippen LogP contribution in [0, 0.1) is 18.6 Å². The second kappa shape index (κ2) is 6.21. The van der Waals surface area contributed by atoms with Gasteiger partial charge in [-0.3, -0.25) is 0 Å². The van der Waals surface area contributed by atoms with Crippen molar-refractivity contribution in [1.29, 1.82) is 0 Å². The Kier molecular flexibility index (Phi) is 4.61. The van der Waals surface area contributed by atoms with Gasteiger partial charge >= 0.3 is 0 Å². The predicted molar refractivity (Wildman–Crippen MR) is 73.3 cm³/mol. The van der Waals surface area contributed by atoms with Gasteiger partial charge in [0.15, 0.2) is 0 Å². The minimum atomic E-state index is -0.505. The quantitative estimate of drug-likeness (QED) is 0.906. The lowest BCUT2D eigenvalue weighted by atomic mass is 10.0. The summed E-state index contributed by atoms with van der Waals surface area (Å²) in [5.41, 5.74) is 0.950. The first-order valence-electron chi connectivity index (χ1n) is 6.20. The Morgan fingerprint density at radius 2 is 2.00 bits per heavy atom. The zero-order valence-corrected chi connectivity index (χ0v) is 11.7. The van der Waals surface area contributed by atoms with Crippen molar-refractivity contribution in [3.05, 3.63) is 51.5 Å². The first-order valence-corrected chi connectivity index (χ1v) is 7.08. The highest BCUT2D eigenvalue weighted by Crippen LogP contribution is 2.23. The van der Waals surface area contributed by atoms with Gasteiger partial charge in [0.2, 0.25) is 0 Å². The van der Waals surface area contributed by atoms with E-state index in [9.17, 15) is 8.78 Å². The lowest BCUT2D eigenvalue weighted by molar-refractivity contribution is 0.493. The zero-order chi connectivity index (χ0) is 13.8. The Hall–Kier alpha value is -1.33. The average molecular weight is 282 g/mol. The van der Waals surface area contributed by atoms with E-state index in [0.29, 0.717) is 0 Å². The Bertz CT molecular complexity index is 534. The van der Waals surface area contributed by atoms with Gasteiger partial charge in [-0.2, -0.15) is 0 Å². The highest BCUT2D eigenvalue weighted by molar-refractivity contribution is 7.09. The Morgan fingerprint density at radius 3 is 2.53 bits per heavy atom. The van der Waals surface area contributed by atoms with Gasteiger partial charge in [0.25, 0.3) is 0 Å². The monoisotopic (exact) mass is 282 g/mol. The number of hydrogen-bond donors (Lipinski definition) is 1. The van der Waals surface area contributed by atoms with Crippen LogP contribution in [0.1, 0.15) is 29.2 Å². The summed E-state index contributed by atoms with van der Waals surface area (Å²) in [6.45, 7) is 4.60. The summed E-state index contributed by atoms with van der Waals surface area (Å²) < 4.78 is 27.4. The lowest BCUT2D eigenvalue weighted by Gasteiger charge is -2.16. The zero-order valence-electron chi connectivity index (χ0n) is 10.9. The average Bonchev–Trinajstić information content (AvgIpc) is 2.79. The van der Waals surface area contributed by atoms with Crippen molar-refractivity contribution in [3.63, 3.8) is 0 Å². The SMILES string of the molecule is CCNC(Cc1c(F)cccc1F)c1csc(C)n1. The number of thiazole rings is 1. The molecule has 0 aliphatic rings. The normalized spacial score (nSPS) is 12.6. The number of hydrogen-bond acceptors (Lipinski definition) is 3. The summed E-state index contributed by atoms with van der Waals surface area (Å²) in [4.78, 5) is 4.40. The van der Waals surface area contributed by atoms with E-state index < -0.39 is 11.6 Å². The van der Waals surface area contributed by atoms with Crippen molar-refractivity contribution in [2.24, 2.45) is 0 Å². The summed E-state index contributed by atoms with van der Waals surface area (Å²) in [6.07, 6.45) is 0.259. The van der Waals surface area contributed by atoms with Gasteiger partial charge in [0, 0.05) is 10.9 Å². The first kappa shape index (κ1) is 14.1. The molecule has 0 aliphatic heterocycles. The number of aromatic nitrogens is 1. The molecule has 2 nitrogen and oxygen atoms in total. The third kappa shape index (κ3) is 3.36. The van der Waals surface area contributed by atoms with E-state index in [2.05, 4.69) is 10.3 Å². The summed E-state index contributed by atoms with van der Waals surface area (Å²) in [5, 5.41) is 6.11. The van der Waals surface area contributed by atoms with Crippen molar-refractivity contribution in [2.45, 2.75) is 26.3 Å². The topological polar surface area (TPSA) is 24.9 Å². The van der Waals surface area contributed by atoms with Gasteiger partial charge < -0.3 is 5.32 Å². The summed E-state index contributed by atoms with van der Waals surface area (Å²) in [7, 11) is 0. The number of halogens is 2. The molecule has 0 spiro atoms. The van der Waals surface area contributed by atoms with Crippen LogP contribution in [0.25, 0.3) is 0 Å². The van der Waals surface area contributed by atoms with Crippen molar-refractivity contribution in [1.82, 2.24) is 10.3 Å². The predicted octanol–water partition coefficient (Wildman–Crippen LogP) is 3.62. The first-order chi connectivity index (χ1) is 9.11. The minimum absolute atomic E-state index is 0.110. The summed E-state index contributed by atoms with van der Waals surface area (Å²) in [5.74, 6) is -1.01. The summed E-state index contributed by atoms with van der Waals surface area (Å²) in [6, 6.07) is 3.78. The Balaban J connectivity index is 2.26. The van der Waals surface area contributed by atoms with Gasteiger partial charge in [-0.25, -0.2) is 13.8 Å². The molecule has 0 radical (unpaired) electrons. The molecule has 0 amide bonds. The molecule has 0 saturated heterocycles. The molecule has 0 fully saturated rings. The third-order valence-corrected chi connectivity index (χ3v) is 3.71. The second-order valence-electron chi connectivity index (χ2n) is 4.31. The maximum absolute atomic E-state index is 13.7. The largest absolute Gasteiger partial charge is 0.309 e. The molecule has 1 N–H and O–H groups in total. The minimum Gasteiger partial charge on any atom is -0.309 e. The van der Waals surface area contributed by atoms with Crippen LogP contribution in [-0.4, -0.2) is 11.5 Å². The molecule has 0 aliphatic carbocycles. The van der Waals surface area contributed by atoms with E-state index in [0.717, 1.165) is 17.2 Å². The van der Waals surface area contributed by atoms with Gasteiger partial charge in [0.1, 0.15) is 11.6 Å². The molecule has 19 heavy (non-hydrogen) atoms. The molecule has 1 aromatic heterocycles. The Labute approximate surface area is 115 Å². The molecule has 2 rings (SSSR count). The number of likely N-dealkylation sites (N-methyl/N-ethyl adjacent to an activating group) is 1. The third-order valence-electron chi connectivity index (χ3n) is 2.91. The number of nitrogens with one attached hydrogen (secondary N) is 1. The van der Waals surface area contributed by atoms with E-state index in [4.69, 9.17) is 0 Å². The van der Waals surface area contributed by atoms with E-state index in [1.54, 1.807) is 0 Å². The van der Waals surface area contributed by atoms with Gasteiger partial charge in [0.05, 0.1) is 16.7 Å². The van der Waals surface area contributed by atoms with Crippen LogP contribution in [0.2, 0.25) is 0 Å².